The molecule has 0 aliphatic rings. The van der Waals surface area contributed by atoms with E-state index in [0.29, 0.717) is 11.6 Å². The highest BCUT2D eigenvalue weighted by molar-refractivity contribution is 7.89. The first-order valence-electron chi connectivity index (χ1n) is 8.77. The van der Waals surface area contributed by atoms with Crippen molar-refractivity contribution in [3.8, 4) is 5.75 Å². The van der Waals surface area contributed by atoms with Crippen LogP contribution in [-0.4, -0.2) is 36.0 Å². The van der Waals surface area contributed by atoms with Crippen LogP contribution in [0.4, 0.5) is 14.8 Å². The molecule has 3 aromatic rings. The molecule has 170 valence electrons. The number of rotatable bonds is 8. The third-order valence-electron chi connectivity index (χ3n) is 4.10. The lowest BCUT2D eigenvalue weighted by molar-refractivity contribution is -0.135. The Morgan fingerprint density at radius 2 is 1.84 bits per heavy atom. The van der Waals surface area contributed by atoms with Gasteiger partial charge in [-0.3, -0.25) is 4.79 Å². The molecule has 0 unspecified atom stereocenters. The monoisotopic (exact) mass is 487 g/mol. The van der Waals surface area contributed by atoms with Crippen LogP contribution >= 0.6 is 11.6 Å². The van der Waals surface area contributed by atoms with E-state index in [9.17, 15) is 22.0 Å². The highest BCUT2D eigenvalue weighted by Crippen LogP contribution is 2.28. The minimum Gasteiger partial charge on any atom is -0.482 e. The first-order chi connectivity index (χ1) is 15.0. The number of ether oxygens (including phenoxy) is 1. The number of amides is 1. The number of nitrogens with two attached hydrogens (primary N) is 2. The Morgan fingerprint density at radius 1 is 1.16 bits per heavy atom. The summed E-state index contributed by atoms with van der Waals surface area (Å²) < 4.78 is 60.1. The molecule has 10 nitrogen and oxygen atoms in total. The van der Waals surface area contributed by atoms with E-state index in [0.717, 1.165) is 6.07 Å². The van der Waals surface area contributed by atoms with Crippen LogP contribution in [-0.2, 0) is 27.9 Å². The fourth-order valence-corrected chi connectivity index (χ4v) is 3.28. The predicted octanol–water partition coefficient (Wildman–Crippen LogP) is 1.84. The van der Waals surface area contributed by atoms with Gasteiger partial charge >= 0.3 is 6.01 Å². The number of hydrogen-bond donors (Lipinski definition) is 2. The summed E-state index contributed by atoms with van der Waals surface area (Å²) in [6.45, 7) is -0.823. The number of primary sulfonamides is 1. The molecular formula is C18H16ClF2N5O5S. The van der Waals surface area contributed by atoms with Gasteiger partial charge in [-0.05, 0) is 17.7 Å². The number of nitrogen functional groups attached to an aromatic ring is 1. The van der Waals surface area contributed by atoms with E-state index in [2.05, 4.69) is 10.2 Å². The number of hydrogen-bond acceptors (Lipinski definition) is 8. The average Bonchev–Trinajstić information content (AvgIpc) is 3.13. The summed E-state index contributed by atoms with van der Waals surface area (Å²) in [5, 5.41) is 11.8. The Kier molecular flexibility index (Phi) is 6.91. The zero-order valence-electron chi connectivity index (χ0n) is 16.2. The molecule has 32 heavy (non-hydrogen) atoms. The summed E-state index contributed by atoms with van der Waals surface area (Å²) in [6, 6.07) is 6.70. The van der Waals surface area contributed by atoms with E-state index in [1.165, 1.54) is 29.2 Å². The van der Waals surface area contributed by atoms with E-state index in [4.69, 9.17) is 31.6 Å². The number of carbonyl (C=O) groups excluding carboxylic acids is 1. The zero-order chi connectivity index (χ0) is 23.5. The van der Waals surface area contributed by atoms with Gasteiger partial charge in [0.05, 0.1) is 11.4 Å². The third-order valence-corrected chi connectivity index (χ3v) is 5.39. The van der Waals surface area contributed by atoms with Crippen molar-refractivity contribution < 1.29 is 31.1 Å². The van der Waals surface area contributed by atoms with Crippen molar-refractivity contribution in [1.82, 2.24) is 15.1 Å². The SMILES string of the molecule is Nc1nnc(CN(Cc2ccc(S(N)(=O)=O)cc2)C(=O)COc2cc(F)cc(F)c2Cl)o1. The molecular weight excluding hydrogens is 472 g/mol. The summed E-state index contributed by atoms with van der Waals surface area (Å²) in [5.41, 5.74) is 5.93. The topological polar surface area (TPSA) is 155 Å². The van der Waals surface area contributed by atoms with E-state index >= 15 is 0 Å². The van der Waals surface area contributed by atoms with Crippen LogP contribution in [0, 0.1) is 11.6 Å². The van der Waals surface area contributed by atoms with Crippen LogP contribution < -0.4 is 15.6 Å². The molecule has 3 rings (SSSR count). The standard InChI is InChI=1S/C18H16ClF2N5O5S/c19-17-13(21)5-11(20)6-14(17)30-9-16(27)26(8-15-24-25-18(22)31-15)7-10-1-3-12(4-2-10)32(23,28)29/h1-6H,7-9H2,(H2,22,25)(H2,23,28,29). The van der Waals surface area contributed by atoms with Crippen molar-refractivity contribution in [1.29, 1.82) is 0 Å². The summed E-state index contributed by atoms with van der Waals surface area (Å²) >= 11 is 5.74. The maximum absolute atomic E-state index is 13.6. The number of benzene rings is 2. The van der Waals surface area contributed by atoms with Gasteiger partial charge in [-0.15, -0.1) is 5.10 Å². The second-order valence-electron chi connectivity index (χ2n) is 6.46. The first-order valence-corrected chi connectivity index (χ1v) is 10.7. The largest absolute Gasteiger partial charge is 0.482 e. The van der Waals surface area contributed by atoms with Gasteiger partial charge in [0.15, 0.2) is 6.61 Å². The molecule has 0 aliphatic heterocycles. The number of carbonyl (C=O) groups is 1. The Bertz CT molecular complexity index is 1240. The van der Waals surface area contributed by atoms with Gasteiger partial charge in [-0.1, -0.05) is 28.8 Å². The van der Waals surface area contributed by atoms with Crippen LogP contribution in [0.1, 0.15) is 11.5 Å². The molecule has 14 heteroatoms. The lowest BCUT2D eigenvalue weighted by Crippen LogP contribution is -2.34. The first kappa shape index (κ1) is 23.4. The van der Waals surface area contributed by atoms with Crippen molar-refractivity contribution in [2.45, 2.75) is 18.0 Å². The molecule has 1 aromatic heterocycles. The molecule has 0 bridgehead atoms. The lowest BCUT2D eigenvalue weighted by atomic mass is 10.2. The van der Waals surface area contributed by atoms with Gasteiger partial charge in [0.2, 0.25) is 15.9 Å². The number of anilines is 1. The molecule has 0 fully saturated rings. The van der Waals surface area contributed by atoms with Crippen LogP contribution in [0.25, 0.3) is 0 Å². The van der Waals surface area contributed by atoms with Crippen LogP contribution in [0.3, 0.4) is 0 Å². The van der Waals surface area contributed by atoms with Crippen LogP contribution in [0.2, 0.25) is 5.02 Å². The summed E-state index contributed by atoms with van der Waals surface area (Å²) in [6.07, 6.45) is 0. The maximum atomic E-state index is 13.6. The molecule has 4 N–H and O–H groups in total. The van der Waals surface area contributed by atoms with Gasteiger partial charge in [0, 0.05) is 18.7 Å². The number of halogens is 3. The second kappa shape index (κ2) is 9.46. The molecule has 0 atom stereocenters. The minimum atomic E-state index is -3.88. The summed E-state index contributed by atoms with van der Waals surface area (Å²) in [5.74, 6) is -2.92. The Balaban J connectivity index is 1.78. The van der Waals surface area contributed by atoms with E-state index in [1.54, 1.807) is 0 Å². The molecule has 2 aromatic carbocycles. The normalized spacial score (nSPS) is 11.4. The van der Waals surface area contributed by atoms with Gasteiger partial charge in [0.1, 0.15) is 22.4 Å². The average molecular weight is 488 g/mol. The lowest BCUT2D eigenvalue weighted by Gasteiger charge is -2.21. The van der Waals surface area contributed by atoms with Gasteiger partial charge in [0.25, 0.3) is 5.91 Å². The smallest absolute Gasteiger partial charge is 0.312 e. The fraction of sp³-hybridized carbons (Fsp3) is 0.167. The van der Waals surface area contributed by atoms with Crippen LogP contribution in [0.15, 0.2) is 45.7 Å². The number of nitrogens with zero attached hydrogens (tertiary/aromatic N) is 3. The summed E-state index contributed by atoms with van der Waals surface area (Å²) in [7, 11) is -3.88. The Hall–Kier alpha value is -3.29. The van der Waals surface area contributed by atoms with Gasteiger partial charge < -0.3 is 19.8 Å². The molecule has 1 heterocycles. The van der Waals surface area contributed by atoms with Crippen molar-refractivity contribution in [3.63, 3.8) is 0 Å². The van der Waals surface area contributed by atoms with Gasteiger partial charge in [-0.2, -0.15) is 0 Å². The van der Waals surface area contributed by atoms with Crippen molar-refractivity contribution >= 4 is 33.5 Å². The zero-order valence-corrected chi connectivity index (χ0v) is 17.7. The molecule has 0 radical (unpaired) electrons. The highest BCUT2D eigenvalue weighted by atomic mass is 35.5. The molecule has 1 amide bonds. The van der Waals surface area contributed by atoms with Crippen molar-refractivity contribution in [2.24, 2.45) is 5.14 Å². The molecule has 0 spiro atoms. The Labute approximate surface area is 185 Å². The third kappa shape index (κ3) is 5.90. The quantitative estimate of drug-likeness (QED) is 0.456. The van der Waals surface area contributed by atoms with E-state index < -0.39 is 39.2 Å². The fourth-order valence-electron chi connectivity index (χ4n) is 2.60. The number of sulfonamides is 1. The predicted molar refractivity (Wildman–Crippen MR) is 108 cm³/mol. The second-order valence-corrected chi connectivity index (χ2v) is 8.40. The summed E-state index contributed by atoms with van der Waals surface area (Å²) in [4.78, 5) is 13.9. The number of aromatic nitrogens is 2. The van der Waals surface area contributed by atoms with E-state index in [-0.39, 0.29) is 35.6 Å². The van der Waals surface area contributed by atoms with Crippen LogP contribution in [0.5, 0.6) is 5.75 Å². The van der Waals surface area contributed by atoms with E-state index in [1.807, 2.05) is 0 Å². The molecule has 0 aliphatic carbocycles. The van der Waals surface area contributed by atoms with Gasteiger partial charge in [-0.25, -0.2) is 22.3 Å². The molecule has 0 saturated heterocycles. The maximum Gasteiger partial charge on any atom is 0.312 e. The van der Waals surface area contributed by atoms with Crippen molar-refractivity contribution in [3.05, 3.63) is 64.5 Å². The molecule has 0 saturated carbocycles. The van der Waals surface area contributed by atoms with Crippen molar-refractivity contribution in [2.75, 3.05) is 12.3 Å². The Morgan fingerprint density at radius 3 is 2.44 bits per heavy atom. The minimum absolute atomic E-state index is 0.0202. The highest BCUT2D eigenvalue weighted by Gasteiger charge is 2.20.